The molecule has 0 heterocycles. The summed E-state index contributed by atoms with van der Waals surface area (Å²) in [6.07, 6.45) is 6.02. The number of aliphatic carboxylic acids is 1. The van der Waals surface area contributed by atoms with E-state index in [1.54, 1.807) is 12.1 Å². The monoisotopic (exact) mass is 422 g/mol. The van der Waals surface area contributed by atoms with E-state index in [1.165, 1.54) is 13.3 Å². The first-order chi connectivity index (χ1) is 14.9. The standard InChI is InChI=1S/C25H30N2O4/c1-17(25(30)31)26-24(29)22(16-18-8-4-2-5-9-18)27-23(28)21-14-12-20(13-15-21)19-10-6-3-7-11-19/h3,6-7,10-15,17-18,22H,2,4-5,8-9,16H2,1H3,(H,26,29)(H,27,28)(H,30,31)/t17-,22-/m0/s1. The fourth-order valence-electron chi connectivity index (χ4n) is 4.05. The molecule has 6 nitrogen and oxygen atoms in total. The first-order valence-corrected chi connectivity index (χ1v) is 10.9. The number of carbonyl (C=O) groups is 3. The maximum atomic E-state index is 12.9. The second-order valence-corrected chi connectivity index (χ2v) is 8.28. The van der Waals surface area contributed by atoms with Crippen LogP contribution in [0.2, 0.25) is 0 Å². The molecule has 1 fully saturated rings. The van der Waals surface area contributed by atoms with Gasteiger partial charge in [-0.3, -0.25) is 14.4 Å². The van der Waals surface area contributed by atoms with Crippen molar-refractivity contribution in [2.75, 3.05) is 0 Å². The Balaban J connectivity index is 1.70. The van der Waals surface area contributed by atoms with Crippen molar-refractivity contribution in [3.05, 3.63) is 60.2 Å². The molecule has 2 amide bonds. The fourth-order valence-corrected chi connectivity index (χ4v) is 4.05. The third-order valence-corrected chi connectivity index (χ3v) is 5.90. The molecule has 3 rings (SSSR count). The average molecular weight is 423 g/mol. The summed E-state index contributed by atoms with van der Waals surface area (Å²) in [6.45, 7) is 1.42. The summed E-state index contributed by atoms with van der Waals surface area (Å²) in [5, 5.41) is 14.5. The minimum absolute atomic E-state index is 0.335. The lowest BCUT2D eigenvalue weighted by atomic mass is 9.84. The highest BCUT2D eigenvalue weighted by atomic mass is 16.4. The van der Waals surface area contributed by atoms with Crippen molar-refractivity contribution >= 4 is 17.8 Å². The Labute approximate surface area is 183 Å². The molecule has 1 aliphatic rings. The van der Waals surface area contributed by atoms with Gasteiger partial charge in [-0.15, -0.1) is 0 Å². The normalized spacial score (nSPS) is 16.2. The van der Waals surface area contributed by atoms with E-state index in [9.17, 15) is 14.4 Å². The Morgan fingerprint density at radius 2 is 1.52 bits per heavy atom. The second kappa shape index (κ2) is 10.8. The summed E-state index contributed by atoms with van der Waals surface area (Å²) >= 11 is 0. The van der Waals surface area contributed by atoms with E-state index in [4.69, 9.17) is 5.11 Å². The summed E-state index contributed by atoms with van der Waals surface area (Å²) < 4.78 is 0. The largest absolute Gasteiger partial charge is 0.480 e. The predicted molar refractivity (Wildman–Crippen MR) is 120 cm³/mol. The molecule has 2 aromatic rings. The molecule has 0 bridgehead atoms. The fraction of sp³-hybridized carbons (Fsp3) is 0.400. The highest BCUT2D eigenvalue weighted by molar-refractivity contribution is 5.98. The van der Waals surface area contributed by atoms with E-state index in [2.05, 4.69) is 10.6 Å². The molecule has 6 heteroatoms. The molecule has 3 N–H and O–H groups in total. The van der Waals surface area contributed by atoms with Crippen molar-refractivity contribution in [2.45, 2.75) is 57.5 Å². The second-order valence-electron chi connectivity index (χ2n) is 8.28. The molecular formula is C25H30N2O4. The number of hydrogen-bond acceptors (Lipinski definition) is 3. The summed E-state index contributed by atoms with van der Waals surface area (Å²) in [5.41, 5.74) is 2.53. The van der Waals surface area contributed by atoms with Gasteiger partial charge in [0.1, 0.15) is 12.1 Å². The highest BCUT2D eigenvalue weighted by Crippen LogP contribution is 2.27. The van der Waals surface area contributed by atoms with Gasteiger partial charge in [0.25, 0.3) is 5.91 Å². The third-order valence-electron chi connectivity index (χ3n) is 5.90. The van der Waals surface area contributed by atoms with Gasteiger partial charge in [-0.2, -0.15) is 0 Å². The zero-order valence-corrected chi connectivity index (χ0v) is 17.8. The van der Waals surface area contributed by atoms with Crippen molar-refractivity contribution in [1.29, 1.82) is 0 Å². The van der Waals surface area contributed by atoms with Gasteiger partial charge in [-0.1, -0.05) is 74.6 Å². The third kappa shape index (κ3) is 6.41. The molecular weight excluding hydrogens is 392 g/mol. The van der Waals surface area contributed by atoms with E-state index in [0.29, 0.717) is 17.9 Å². The Bertz CT molecular complexity index is 889. The van der Waals surface area contributed by atoms with Crippen molar-refractivity contribution in [1.82, 2.24) is 10.6 Å². The molecule has 31 heavy (non-hydrogen) atoms. The van der Waals surface area contributed by atoms with E-state index >= 15 is 0 Å². The lowest BCUT2D eigenvalue weighted by Gasteiger charge is -2.27. The van der Waals surface area contributed by atoms with E-state index in [-0.39, 0.29) is 5.91 Å². The van der Waals surface area contributed by atoms with Crippen molar-refractivity contribution in [2.24, 2.45) is 5.92 Å². The maximum absolute atomic E-state index is 12.9. The zero-order valence-electron chi connectivity index (χ0n) is 17.8. The molecule has 2 atom stereocenters. The number of carboxylic acid groups (broad SMARTS) is 1. The number of carbonyl (C=O) groups excluding carboxylic acids is 2. The molecule has 0 saturated heterocycles. The zero-order chi connectivity index (χ0) is 22.2. The van der Waals surface area contributed by atoms with Gasteiger partial charge < -0.3 is 15.7 Å². The molecule has 0 spiro atoms. The van der Waals surface area contributed by atoms with Crippen LogP contribution in [0, 0.1) is 5.92 Å². The first-order valence-electron chi connectivity index (χ1n) is 10.9. The number of benzene rings is 2. The Hall–Kier alpha value is -3.15. The number of carboxylic acids is 1. The molecule has 164 valence electrons. The van der Waals surface area contributed by atoms with Crippen LogP contribution in [0.1, 0.15) is 55.8 Å². The minimum atomic E-state index is -1.10. The Morgan fingerprint density at radius 3 is 2.13 bits per heavy atom. The first kappa shape index (κ1) is 22.5. The van der Waals surface area contributed by atoms with Gasteiger partial charge in [0.05, 0.1) is 0 Å². The number of amides is 2. The quantitative estimate of drug-likeness (QED) is 0.599. The molecule has 0 radical (unpaired) electrons. The van der Waals surface area contributed by atoms with Crippen LogP contribution in [0.3, 0.4) is 0 Å². The van der Waals surface area contributed by atoms with Crippen LogP contribution in [0.15, 0.2) is 54.6 Å². The average Bonchev–Trinajstić information content (AvgIpc) is 2.79. The van der Waals surface area contributed by atoms with Crippen LogP contribution in [0.4, 0.5) is 0 Å². The molecule has 2 aromatic carbocycles. The van der Waals surface area contributed by atoms with Gasteiger partial charge in [-0.05, 0) is 42.5 Å². The van der Waals surface area contributed by atoms with Crippen LogP contribution < -0.4 is 10.6 Å². The molecule has 1 saturated carbocycles. The van der Waals surface area contributed by atoms with E-state index in [0.717, 1.165) is 36.8 Å². The Morgan fingerprint density at radius 1 is 0.903 bits per heavy atom. The van der Waals surface area contributed by atoms with Crippen LogP contribution in [-0.4, -0.2) is 35.0 Å². The van der Waals surface area contributed by atoms with E-state index in [1.807, 2.05) is 42.5 Å². The Kier molecular flexibility index (Phi) is 7.82. The summed E-state index contributed by atoms with van der Waals surface area (Å²) in [4.78, 5) is 36.7. The van der Waals surface area contributed by atoms with Crippen LogP contribution in [-0.2, 0) is 9.59 Å². The summed E-state index contributed by atoms with van der Waals surface area (Å²) in [6, 6.07) is 15.4. The number of nitrogens with one attached hydrogen (secondary N) is 2. The van der Waals surface area contributed by atoms with Gasteiger partial charge >= 0.3 is 5.97 Å². The lowest BCUT2D eigenvalue weighted by molar-refractivity contribution is -0.141. The highest BCUT2D eigenvalue weighted by Gasteiger charge is 2.28. The van der Waals surface area contributed by atoms with Crippen LogP contribution >= 0.6 is 0 Å². The molecule has 0 aromatic heterocycles. The van der Waals surface area contributed by atoms with Crippen molar-refractivity contribution in [3.63, 3.8) is 0 Å². The molecule has 0 aliphatic heterocycles. The lowest BCUT2D eigenvalue weighted by Crippen LogP contribution is -2.51. The van der Waals surface area contributed by atoms with Crippen LogP contribution in [0.25, 0.3) is 11.1 Å². The summed E-state index contributed by atoms with van der Waals surface area (Å²) in [5.74, 6) is -1.54. The van der Waals surface area contributed by atoms with Crippen molar-refractivity contribution in [3.8, 4) is 11.1 Å². The topological polar surface area (TPSA) is 95.5 Å². The smallest absolute Gasteiger partial charge is 0.325 e. The SMILES string of the molecule is C[C@H](NC(=O)[C@H](CC1CCCCC1)NC(=O)c1ccc(-c2ccccc2)cc1)C(=O)O. The van der Waals surface area contributed by atoms with Gasteiger partial charge in [0.15, 0.2) is 0 Å². The predicted octanol–water partition coefficient (Wildman–Crippen LogP) is 4.01. The summed E-state index contributed by atoms with van der Waals surface area (Å²) in [7, 11) is 0. The maximum Gasteiger partial charge on any atom is 0.325 e. The minimum Gasteiger partial charge on any atom is -0.480 e. The van der Waals surface area contributed by atoms with Gasteiger partial charge in [-0.25, -0.2) is 0 Å². The van der Waals surface area contributed by atoms with E-state index < -0.39 is 24.0 Å². The molecule has 0 unspecified atom stereocenters. The van der Waals surface area contributed by atoms with Gasteiger partial charge in [0.2, 0.25) is 5.91 Å². The van der Waals surface area contributed by atoms with Crippen molar-refractivity contribution < 1.29 is 19.5 Å². The van der Waals surface area contributed by atoms with Gasteiger partial charge in [0, 0.05) is 5.56 Å². The molecule has 1 aliphatic carbocycles. The van der Waals surface area contributed by atoms with Crippen LogP contribution in [0.5, 0.6) is 0 Å². The number of rotatable bonds is 8. The number of hydrogen-bond donors (Lipinski definition) is 3.